The Balaban J connectivity index is 2.90. The zero-order valence-corrected chi connectivity index (χ0v) is 12.0. The van der Waals surface area contributed by atoms with Crippen LogP contribution in [0.25, 0.3) is 0 Å². The molecule has 0 N–H and O–H groups in total. The maximum atomic E-state index is 12.1. The summed E-state index contributed by atoms with van der Waals surface area (Å²) in [6.45, 7) is 5.39. The normalized spacial score (nSPS) is 9.89. The molecule has 1 aromatic rings. The van der Waals surface area contributed by atoms with Crippen molar-refractivity contribution in [3.63, 3.8) is 0 Å². The van der Waals surface area contributed by atoms with Gasteiger partial charge in [0.25, 0.3) is 0 Å². The summed E-state index contributed by atoms with van der Waals surface area (Å²) in [7, 11) is 0. The van der Waals surface area contributed by atoms with Gasteiger partial charge in [-0.15, -0.1) is 0 Å². The molecule has 0 radical (unpaired) electrons. The molecule has 1 rings (SSSR count). The van der Waals surface area contributed by atoms with Gasteiger partial charge in [0.15, 0.2) is 0 Å². The first kappa shape index (κ1) is 14.5. The Kier molecular flexibility index (Phi) is 5.19. The van der Waals surface area contributed by atoms with Crippen LogP contribution in [-0.4, -0.2) is 48.8 Å². The number of hydrogen-bond acceptors (Lipinski definition) is 4. The number of carbonyl (C=O) groups is 1. The van der Waals surface area contributed by atoms with Crippen LogP contribution in [0.3, 0.4) is 0 Å². The van der Waals surface area contributed by atoms with E-state index < -0.39 is 4.92 Å². The summed E-state index contributed by atoms with van der Waals surface area (Å²) >= 11 is 2.77. The van der Waals surface area contributed by atoms with E-state index >= 15 is 0 Å². The predicted octanol–water partition coefficient (Wildman–Crippen LogP) is 1.42. The molecule has 0 unspecified atom stereocenters. The second-order valence-electron chi connectivity index (χ2n) is 3.61. The topological polar surface area (TPSA) is 63.5 Å². The Morgan fingerprint density at radius 3 is 2.17 bits per heavy atom. The van der Waals surface area contributed by atoms with E-state index in [1.165, 1.54) is 24.3 Å². The SMILES string of the molecule is CCN(CC)C(=[Se])C(=O)c1ccc([N+](=O)[O-])cc1. The molecule has 6 heteroatoms. The van der Waals surface area contributed by atoms with Crippen LogP contribution in [0, 0.1) is 10.1 Å². The second kappa shape index (κ2) is 6.42. The molecular weight excluding hydrogens is 299 g/mol. The Morgan fingerprint density at radius 2 is 1.78 bits per heavy atom. The van der Waals surface area contributed by atoms with Gasteiger partial charge in [0.05, 0.1) is 0 Å². The molecule has 0 amide bonds. The first-order valence-electron chi connectivity index (χ1n) is 5.59. The minimum absolute atomic E-state index is 0.0176. The molecule has 0 heterocycles. The van der Waals surface area contributed by atoms with Gasteiger partial charge in [-0.3, -0.25) is 0 Å². The number of rotatable bonds is 6. The molecule has 0 saturated heterocycles. The molecule has 1 aromatic carbocycles. The fraction of sp³-hybridized carbons (Fsp3) is 0.333. The first-order chi connectivity index (χ1) is 8.51. The van der Waals surface area contributed by atoms with E-state index in [2.05, 4.69) is 15.6 Å². The summed E-state index contributed by atoms with van der Waals surface area (Å²) in [5.41, 5.74) is 0.428. The predicted molar refractivity (Wildman–Crippen MR) is 71.1 cm³/mol. The Bertz CT molecular complexity index is 467. The molecule has 0 aliphatic carbocycles. The van der Waals surface area contributed by atoms with Crippen molar-refractivity contribution in [2.45, 2.75) is 13.8 Å². The van der Waals surface area contributed by atoms with Crippen molar-refractivity contribution < 1.29 is 9.72 Å². The first-order valence-corrected chi connectivity index (χ1v) is 6.45. The fourth-order valence-electron chi connectivity index (χ4n) is 1.51. The molecule has 0 aromatic heterocycles. The van der Waals surface area contributed by atoms with Crippen LogP contribution < -0.4 is 0 Å². The number of carbonyl (C=O) groups excluding carboxylic acids is 1. The molecule has 0 atom stereocenters. The quantitative estimate of drug-likeness (QED) is 0.345. The monoisotopic (exact) mass is 314 g/mol. The Labute approximate surface area is 113 Å². The van der Waals surface area contributed by atoms with Crippen LogP contribution >= 0.6 is 0 Å². The molecule has 0 spiro atoms. The van der Waals surface area contributed by atoms with Crippen LogP contribution in [-0.2, 0) is 0 Å². The van der Waals surface area contributed by atoms with Gasteiger partial charge in [0.1, 0.15) is 0 Å². The third kappa shape index (κ3) is 3.24. The molecule has 0 aliphatic heterocycles. The number of Topliss-reactive ketones (excluding diaryl/α,β-unsaturated/α-hetero) is 1. The van der Waals surface area contributed by atoms with Crippen LogP contribution in [0.2, 0.25) is 0 Å². The number of nitro benzene ring substituents is 1. The molecule has 18 heavy (non-hydrogen) atoms. The van der Waals surface area contributed by atoms with Gasteiger partial charge in [0.2, 0.25) is 0 Å². The van der Waals surface area contributed by atoms with E-state index in [0.29, 0.717) is 10.1 Å². The van der Waals surface area contributed by atoms with E-state index in [1.54, 1.807) is 0 Å². The van der Waals surface area contributed by atoms with Crippen molar-refractivity contribution >= 4 is 31.6 Å². The summed E-state index contributed by atoms with van der Waals surface area (Å²) in [5.74, 6) is -0.145. The van der Waals surface area contributed by atoms with Gasteiger partial charge in [0, 0.05) is 0 Å². The van der Waals surface area contributed by atoms with E-state index in [-0.39, 0.29) is 11.5 Å². The van der Waals surface area contributed by atoms with Gasteiger partial charge >= 0.3 is 113 Å². The van der Waals surface area contributed by atoms with Gasteiger partial charge in [-0.05, 0) is 0 Å². The standard InChI is InChI=1S/C12H14N2O3Se/c1-3-13(4-2)12(18)11(15)9-5-7-10(8-6-9)14(16)17/h5-8H,3-4H2,1-2H3. The maximum absolute atomic E-state index is 12.1. The third-order valence-corrected chi connectivity index (χ3v) is 3.52. The molecular formula is C12H14N2O3Se. The summed E-state index contributed by atoms with van der Waals surface area (Å²) in [6, 6.07) is 5.62. The minimum atomic E-state index is -0.485. The average molecular weight is 313 g/mol. The molecule has 0 fully saturated rings. The number of non-ortho nitro benzene ring substituents is 1. The number of hydrogen-bond donors (Lipinski definition) is 0. The number of nitrogens with zero attached hydrogens (tertiary/aromatic N) is 2. The Morgan fingerprint density at radius 1 is 1.28 bits per heavy atom. The van der Waals surface area contributed by atoms with Crippen molar-refractivity contribution in [2.75, 3.05) is 13.1 Å². The van der Waals surface area contributed by atoms with Gasteiger partial charge in [-0.2, -0.15) is 0 Å². The van der Waals surface area contributed by atoms with E-state index in [1.807, 2.05) is 18.7 Å². The zero-order valence-electron chi connectivity index (χ0n) is 10.3. The van der Waals surface area contributed by atoms with E-state index in [9.17, 15) is 14.9 Å². The molecule has 0 saturated carbocycles. The number of likely N-dealkylation sites (N-methyl/N-ethyl adjacent to an activating group) is 1. The number of nitro groups is 1. The van der Waals surface area contributed by atoms with Crippen molar-refractivity contribution in [2.24, 2.45) is 0 Å². The fourth-order valence-corrected chi connectivity index (χ4v) is 2.30. The van der Waals surface area contributed by atoms with Crippen molar-refractivity contribution in [1.82, 2.24) is 4.90 Å². The average Bonchev–Trinajstić information content (AvgIpc) is 2.39. The second-order valence-corrected chi connectivity index (χ2v) is 4.42. The van der Waals surface area contributed by atoms with Gasteiger partial charge in [-0.25, -0.2) is 0 Å². The molecule has 0 bridgehead atoms. The molecule has 96 valence electrons. The molecule has 5 nitrogen and oxygen atoms in total. The van der Waals surface area contributed by atoms with Gasteiger partial charge in [-0.1, -0.05) is 0 Å². The van der Waals surface area contributed by atoms with Crippen LogP contribution in [0.15, 0.2) is 24.3 Å². The Hall–Kier alpha value is -1.52. The van der Waals surface area contributed by atoms with Crippen molar-refractivity contribution in [3.05, 3.63) is 39.9 Å². The zero-order chi connectivity index (χ0) is 13.7. The summed E-state index contributed by atoms with van der Waals surface area (Å²) in [6.07, 6.45) is 0. The summed E-state index contributed by atoms with van der Waals surface area (Å²) in [4.78, 5) is 24.0. The number of benzene rings is 1. The van der Waals surface area contributed by atoms with E-state index in [0.717, 1.165) is 13.1 Å². The summed E-state index contributed by atoms with van der Waals surface area (Å²) in [5, 5.41) is 10.5. The van der Waals surface area contributed by atoms with Crippen molar-refractivity contribution in [1.29, 1.82) is 0 Å². The van der Waals surface area contributed by atoms with Crippen LogP contribution in [0.5, 0.6) is 0 Å². The number of ketones is 1. The van der Waals surface area contributed by atoms with Crippen LogP contribution in [0.4, 0.5) is 5.69 Å². The van der Waals surface area contributed by atoms with Crippen LogP contribution in [0.1, 0.15) is 24.2 Å². The molecule has 0 aliphatic rings. The summed E-state index contributed by atoms with van der Waals surface area (Å²) < 4.78 is 0.536. The van der Waals surface area contributed by atoms with Gasteiger partial charge < -0.3 is 0 Å². The van der Waals surface area contributed by atoms with Crippen molar-refractivity contribution in [3.8, 4) is 0 Å². The third-order valence-electron chi connectivity index (χ3n) is 2.59. The van der Waals surface area contributed by atoms with E-state index in [4.69, 9.17) is 0 Å².